The van der Waals surface area contributed by atoms with Crippen LogP contribution in [0.3, 0.4) is 0 Å². The predicted octanol–water partition coefficient (Wildman–Crippen LogP) is 4.39. The van der Waals surface area contributed by atoms with Crippen LogP contribution in [0.2, 0.25) is 0 Å². The molecule has 0 aliphatic heterocycles. The van der Waals surface area contributed by atoms with Gasteiger partial charge >= 0.3 is 0 Å². The van der Waals surface area contributed by atoms with Crippen molar-refractivity contribution in [1.29, 1.82) is 0 Å². The highest BCUT2D eigenvalue weighted by atomic mass is 32.2. The largest absolute Gasteiger partial charge is 0.306 e. The third-order valence-electron chi connectivity index (χ3n) is 4.27. The second-order valence-electron chi connectivity index (χ2n) is 6.30. The Morgan fingerprint density at radius 2 is 1.71 bits per heavy atom. The first-order valence-electron chi connectivity index (χ1n) is 8.36. The van der Waals surface area contributed by atoms with Gasteiger partial charge in [0.1, 0.15) is 17.3 Å². The Hall–Kier alpha value is -3.26. The van der Waals surface area contributed by atoms with Crippen LogP contribution in [0.1, 0.15) is 5.56 Å². The molecule has 2 heterocycles. The zero-order valence-corrected chi connectivity index (χ0v) is 15.5. The molecular formula is C20H15F2N3O2S. The molecule has 0 spiro atoms. The maximum atomic E-state index is 13.5. The van der Waals surface area contributed by atoms with E-state index >= 15 is 0 Å². The molecule has 4 rings (SSSR count). The van der Waals surface area contributed by atoms with Gasteiger partial charge in [-0.05, 0) is 36.8 Å². The smallest absolute Gasteiger partial charge is 0.262 e. The lowest BCUT2D eigenvalue weighted by Crippen LogP contribution is -2.14. The molecule has 142 valence electrons. The van der Waals surface area contributed by atoms with Gasteiger partial charge < -0.3 is 4.40 Å². The minimum Gasteiger partial charge on any atom is -0.306 e. The van der Waals surface area contributed by atoms with Crippen LogP contribution < -0.4 is 4.72 Å². The number of hydrogen-bond donors (Lipinski definition) is 1. The highest BCUT2D eigenvalue weighted by Gasteiger charge is 2.19. The average Bonchev–Trinajstić information content (AvgIpc) is 3.06. The Morgan fingerprint density at radius 1 is 1.00 bits per heavy atom. The molecule has 8 heteroatoms. The van der Waals surface area contributed by atoms with Crippen LogP contribution in [0.5, 0.6) is 0 Å². The Morgan fingerprint density at radius 3 is 2.43 bits per heavy atom. The SMILES string of the molecule is Cc1cccn2cc(-c3ccccc3NS(=O)(=O)c3cc(F)cc(F)c3)nc12. The lowest BCUT2D eigenvalue weighted by Gasteiger charge is -2.11. The molecule has 2 aromatic heterocycles. The molecule has 0 aliphatic rings. The summed E-state index contributed by atoms with van der Waals surface area (Å²) in [4.78, 5) is 4.09. The maximum Gasteiger partial charge on any atom is 0.262 e. The van der Waals surface area contributed by atoms with Gasteiger partial charge in [-0.1, -0.05) is 24.3 Å². The molecule has 2 aromatic carbocycles. The van der Waals surface area contributed by atoms with Gasteiger partial charge in [0.05, 0.1) is 16.3 Å². The molecule has 0 saturated heterocycles. The van der Waals surface area contributed by atoms with Crippen molar-refractivity contribution in [3.05, 3.63) is 84.2 Å². The second-order valence-corrected chi connectivity index (χ2v) is 7.99. The molecule has 28 heavy (non-hydrogen) atoms. The van der Waals surface area contributed by atoms with Gasteiger partial charge in [-0.2, -0.15) is 0 Å². The van der Waals surface area contributed by atoms with E-state index in [-0.39, 0.29) is 5.69 Å². The number of pyridine rings is 1. The molecule has 0 bridgehead atoms. The Bertz CT molecular complexity index is 1280. The van der Waals surface area contributed by atoms with Gasteiger partial charge in [0.2, 0.25) is 0 Å². The van der Waals surface area contributed by atoms with Crippen LogP contribution in [0.15, 0.2) is 71.9 Å². The van der Waals surface area contributed by atoms with E-state index in [9.17, 15) is 17.2 Å². The number of aryl methyl sites for hydroxylation is 1. The van der Waals surface area contributed by atoms with E-state index in [0.717, 1.165) is 23.3 Å². The van der Waals surface area contributed by atoms with Gasteiger partial charge in [-0.25, -0.2) is 22.2 Å². The molecule has 0 aliphatic carbocycles. The molecule has 0 saturated carbocycles. The molecule has 0 unspecified atom stereocenters. The third kappa shape index (κ3) is 3.34. The van der Waals surface area contributed by atoms with Crippen molar-refractivity contribution in [2.45, 2.75) is 11.8 Å². The Balaban J connectivity index is 1.78. The van der Waals surface area contributed by atoms with Crippen molar-refractivity contribution in [3.8, 4) is 11.3 Å². The van der Waals surface area contributed by atoms with E-state index in [2.05, 4.69) is 9.71 Å². The standard InChI is InChI=1S/C20H15F2N3O2S/c1-13-5-4-8-25-12-19(23-20(13)25)17-6-2-3-7-18(17)24-28(26,27)16-10-14(21)9-15(22)11-16/h2-12,24H,1H3. The van der Waals surface area contributed by atoms with E-state index in [1.54, 1.807) is 30.5 Å². The zero-order valence-electron chi connectivity index (χ0n) is 14.7. The summed E-state index contributed by atoms with van der Waals surface area (Å²) in [5.74, 6) is -1.94. The fourth-order valence-corrected chi connectivity index (χ4v) is 4.09. The van der Waals surface area contributed by atoms with E-state index in [0.29, 0.717) is 17.3 Å². The van der Waals surface area contributed by atoms with Crippen molar-refractivity contribution in [2.24, 2.45) is 0 Å². The van der Waals surface area contributed by atoms with Crippen LogP contribution in [-0.4, -0.2) is 17.8 Å². The van der Waals surface area contributed by atoms with Crippen molar-refractivity contribution in [2.75, 3.05) is 4.72 Å². The van der Waals surface area contributed by atoms with Crippen LogP contribution in [0, 0.1) is 18.6 Å². The maximum absolute atomic E-state index is 13.5. The van der Waals surface area contributed by atoms with Crippen molar-refractivity contribution in [1.82, 2.24) is 9.38 Å². The lowest BCUT2D eigenvalue weighted by molar-refractivity contribution is 0.568. The first kappa shape index (κ1) is 18.1. The van der Waals surface area contributed by atoms with Gasteiger partial charge in [0.25, 0.3) is 10.0 Å². The number of fused-ring (bicyclic) bond motifs is 1. The molecule has 0 radical (unpaired) electrons. The summed E-state index contributed by atoms with van der Waals surface area (Å²) in [6, 6.07) is 12.7. The highest BCUT2D eigenvalue weighted by Crippen LogP contribution is 2.30. The van der Waals surface area contributed by atoms with Crippen LogP contribution in [-0.2, 0) is 10.0 Å². The molecule has 0 fully saturated rings. The fourth-order valence-electron chi connectivity index (χ4n) is 2.97. The third-order valence-corrected chi connectivity index (χ3v) is 5.62. The van der Waals surface area contributed by atoms with E-state index in [4.69, 9.17) is 0 Å². The number of nitrogens with zero attached hydrogens (tertiary/aromatic N) is 2. The summed E-state index contributed by atoms with van der Waals surface area (Å²) >= 11 is 0. The van der Waals surface area contributed by atoms with E-state index in [1.165, 1.54) is 0 Å². The molecule has 0 amide bonds. The number of aromatic nitrogens is 2. The Labute approximate surface area is 160 Å². The molecule has 0 atom stereocenters. The first-order chi connectivity index (χ1) is 13.3. The zero-order chi connectivity index (χ0) is 19.9. The molecular weight excluding hydrogens is 384 g/mol. The minimum absolute atomic E-state index is 0.258. The number of sulfonamides is 1. The summed E-state index contributed by atoms with van der Waals surface area (Å²) < 4.78 is 56.4. The van der Waals surface area contributed by atoms with Crippen molar-refractivity contribution >= 4 is 21.4 Å². The van der Waals surface area contributed by atoms with Gasteiger partial charge in [-0.15, -0.1) is 0 Å². The number of benzene rings is 2. The molecule has 4 aromatic rings. The van der Waals surface area contributed by atoms with Crippen LogP contribution >= 0.6 is 0 Å². The van der Waals surface area contributed by atoms with Crippen LogP contribution in [0.4, 0.5) is 14.5 Å². The number of hydrogen-bond acceptors (Lipinski definition) is 3. The predicted molar refractivity (Wildman–Crippen MR) is 103 cm³/mol. The first-order valence-corrected chi connectivity index (χ1v) is 9.84. The number of anilines is 1. The van der Waals surface area contributed by atoms with Gasteiger partial charge in [0, 0.05) is 24.0 Å². The minimum atomic E-state index is -4.19. The summed E-state index contributed by atoms with van der Waals surface area (Å²) in [7, 11) is -4.19. The number of para-hydroxylation sites is 1. The number of imidazole rings is 1. The number of nitrogens with one attached hydrogen (secondary N) is 1. The Kier molecular flexibility index (Phi) is 4.35. The summed E-state index contributed by atoms with van der Waals surface area (Å²) in [6.45, 7) is 1.93. The van der Waals surface area contributed by atoms with Crippen LogP contribution in [0.25, 0.3) is 16.9 Å². The fraction of sp³-hybridized carbons (Fsp3) is 0.0500. The lowest BCUT2D eigenvalue weighted by atomic mass is 10.1. The summed E-state index contributed by atoms with van der Waals surface area (Å²) in [5, 5.41) is 0. The normalized spacial score (nSPS) is 11.7. The topological polar surface area (TPSA) is 63.5 Å². The van der Waals surface area contributed by atoms with E-state index < -0.39 is 26.6 Å². The van der Waals surface area contributed by atoms with Gasteiger partial charge in [0.15, 0.2) is 0 Å². The van der Waals surface area contributed by atoms with E-state index in [1.807, 2.05) is 29.7 Å². The molecule has 5 nitrogen and oxygen atoms in total. The number of rotatable bonds is 4. The summed E-state index contributed by atoms with van der Waals surface area (Å²) in [5.41, 5.74) is 3.10. The second kappa shape index (κ2) is 6.72. The molecule has 1 N–H and O–H groups in total. The monoisotopic (exact) mass is 399 g/mol. The number of halogens is 2. The van der Waals surface area contributed by atoms with Crippen molar-refractivity contribution < 1.29 is 17.2 Å². The summed E-state index contributed by atoms with van der Waals surface area (Å²) in [6.07, 6.45) is 3.64. The van der Waals surface area contributed by atoms with Crippen molar-refractivity contribution in [3.63, 3.8) is 0 Å². The van der Waals surface area contributed by atoms with Gasteiger partial charge in [-0.3, -0.25) is 4.72 Å². The highest BCUT2D eigenvalue weighted by molar-refractivity contribution is 7.92. The quantitative estimate of drug-likeness (QED) is 0.554. The average molecular weight is 399 g/mol.